The molecule has 1 fully saturated rings. The van der Waals surface area contributed by atoms with E-state index >= 15 is 0 Å². The van der Waals surface area contributed by atoms with Crippen LogP contribution in [0, 0.1) is 11.6 Å². The number of benzene rings is 1. The number of amides is 1. The molecule has 0 bridgehead atoms. The van der Waals surface area contributed by atoms with Gasteiger partial charge in [0.25, 0.3) is 0 Å². The van der Waals surface area contributed by atoms with Gasteiger partial charge in [-0.1, -0.05) is 11.6 Å². The minimum atomic E-state index is -0.713. The first-order valence-corrected chi connectivity index (χ1v) is 9.56. The summed E-state index contributed by atoms with van der Waals surface area (Å²) in [7, 11) is 0. The van der Waals surface area contributed by atoms with E-state index in [1.165, 1.54) is 13.0 Å². The maximum atomic E-state index is 14.4. The minimum absolute atomic E-state index is 0.0890. The molecule has 1 saturated heterocycles. The van der Waals surface area contributed by atoms with Crippen molar-refractivity contribution in [3.05, 3.63) is 58.4 Å². The third kappa shape index (κ3) is 5.41. The molecule has 2 atom stereocenters. The molecule has 9 heteroatoms. The highest BCUT2D eigenvalue weighted by Crippen LogP contribution is 2.28. The van der Waals surface area contributed by atoms with Gasteiger partial charge in [0.1, 0.15) is 24.0 Å². The van der Waals surface area contributed by atoms with E-state index < -0.39 is 24.0 Å². The lowest BCUT2D eigenvalue weighted by atomic mass is 10.0. The zero-order chi connectivity index (χ0) is 21.0. The van der Waals surface area contributed by atoms with Crippen LogP contribution in [0.4, 0.5) is 14.5 Å². The number of hydrogen-bond donors (Lipinski definition) is 1. The fraction of sp³-hybridized carbons (Fsp3) is 0.400. The van der Waals surface area contributed by atoms with Crippen molar-refractivity contribution in [1.29, 1.82) is 0 Å². The Hall–Kier alpha value is -2.29. The van der Waals surface area contributed by atoms with Crippen LogP contribution < -0.4 is 5.32 Å². The Morgan fingerprint density at radius 3 is 2.97 bits per heavy atom. The second-order valence-electron chi connectivity index (χ2n) is 6.73. The monoisotopic (exact) mass is 425 g/mol. The number of ether oxygens (including phenoxy) is 2. The van der Waals surface area contributed by atoms with Gasteiger partial charge in [0.2, 0.25) is 5.91 Å². The molecule has 1 aromatic carbocycles. The van der Waals surface area contributed by atoms with Crippen LogP contribution in [-0.2, 0) is 20.9 Å². The fourth-order valence-electron chi connectivity index (χ4n) is 3.06. The average molecular weight is 426 g/mol. The van der Waals surface area contributed by atoms with Gasteiger partial charge in [0, 0.05) is 36.9 Å². The van der Waals surface area contributed by atoms with Gasteiger partial charge in [0.05, 0.1) is 25.4 Å². The number of anilines is 1. The van der Waals surface area contributed by atoms with Gasteiger partial charge < -0.3 is 19.7 Å². The molecule has 0 unspecified atom stereocenters. The standard InChI is InChI=1S/C20H22ClF2N3O3/c1-12(25-18-4-3-5-24-20(18)21)29-11-14-8-15(17(23)9-16(14)22)19-10-26(13(2)27)6-7-28-19/h3-5,8-9,12,19,25H,6-7,10-11H2,1-2H3/t12-,19+/m1/s1. The molecule has 1 amide bonds. The molecule has 2 heterocycles. The summed E-state index contributed by atoms with van der Waals surface area (Å²) < 4.78 is 39.9. The Morgan fingerprint density at radius 2 is 2.24 bits per heavy atom. The molecule has 1 aliphatic rings. The van der Waals surface area contributed by atoms with Crippen molar-refractivity contribution in [2.45, 2.75) is 32.8 Å². The number of pyridine rings is 1. The maximum absolute atomic E-state index is 14.4. The maximum Gasteiger partial charge on any atom is 0.219 e. The van der Waals surface area contributed by atoms with Crippen molar-refractivity contribution in [2.75, 3.05) is 25.0 Å². The van der Waals surface area contributed by atoms with Gasteiger partial charge in [-0.3, -0.25) is 4.79 Å². The summed E-state index contributed by atoms with van der Waals surface area (Å²) in [5, 5.41) is 3.32. The summed E-state index contributed by atoms with van der Waals surface area (Å²) >= 11 is 6.00. The predicted octanol–water partition coefficient (Wildman–Crippen LogP) is 3.91. The molecular formula is C20H22ClF2N3O3. The first kappa shape index (κ1) is 21.4. The summed E-state index contributed by atoms with van der Waals surface area (Å²) in [5.41, 5.74) is 0.976. The first-order valence-electron chi connectivity index (χ1n) is 9.18. The van der Waals surface area contributed by atoms with Gasteiger partial charge >= 0.3 is 0 Å². The number of halogens is 3. The smallest absolute Gasteiger partial charge is 0.219 e. The van der Waals surface area contributed by atoms with E-state index in [0.29, 0.717) is 24.0 Å². The molecule has 156 valence electrons. The Kier molecular flexibility index (Phi) is 7.00. The van der Waals surface area contributed by atoms with E-state index in [-0.39, 0.29) is 30.2 Å². The highest BCUT2D eigenvalue weighted by atomic mass is 35.5. The number of hydrogen-bond acceptors (Lipinski definition) is 5. The van der Waals surface area contributed by atoms with Crippen LogP contribution in [0.3, 0.4) is 0 Å². The van der Waals surface area contributed by atoms with Gasteiger partial charge in [-0.2, -0.15) is 0 Å². The van der Waals surface area contributed by atoms with Gasteiger partial charge in [-0.15, -0.1) is 0 Å². The predicted molar refractivity (Wildman–Crippen MR) is 104 cm³/mol. The number of carbonyl (C=O) groups excluding carboxylic acids is 1. The van der Waals surface area contributed by atoms with Crippen molar-refractivity contribution in [2.24, 2.45) is 0 Å². The summed E-state index contributed by atoms with van der Waals surface area (Å²) in [6.45, 7) is 4.06. The van der Waals surface area contributed by atoms with E-state index in [9.17, 15) is 13.6 Å². The molecule has 0 radical (unpaired) electrons. The van der Waals surface area contributed by atoms with Crippen LogP contribution in [0.5, 0.6) is 0 Å². The number of nitrogens with zero attached hydrogens (tertiary/aromatic N) is 2. The van der Waals surface area contributed by atoms with Gasteiger partial charge in [0.15, 0.2) is 5.15 Å². The molecule has 1 N–H and O–H groups in total. The minimum Gasteiger partial charge on any atom is -0.370 e. The molecule has 0 saturated carbocycles. The molecule has 2 aromatic rings. The second-order valence-corrected chi connectivity index (χ2v) is 7.09. The summed E-state index contributed by atoms with van der Waals surface area (Å²) in [6.07, 6.45) is 0.412. The summed E-state index contributed by atoms with van der Waals surface area (Å²) in [6, 6.07) is 5.68. The quantitative estimate of drug-likeness (QED) is 0.561. The molecule has 1 aromatic heterocycles. The molecule has 6 nitrogen and oxygen atoms in total. The summed E-state index contributed by atoms with van der Waals surface area (Å²) in [4.78, 5) is 17.1. The Bertz CT molecular complexity index is 884. The SMILES string of the molecule is CC(=O)N1CCO[C@H](c2cc(CO[C@H](C)Nc3cccnc3Cl)c(F)cc2F)C1. The zero-order valence-corrected chi connectivity index (χ0v) is 16.9. The lowest BCUT2D eigenvalue weighted by Gasteiger charge is -2.32. The number of rotatable bonds is 6. The number of carbonyl (C=O) groups is 1. The van der Waals surface area contributed by atoms with Crippen molar-refractivity contribution in [3.8, 4) is 0 Å². The van der Waals surface area contributed by atoms with Crippen molar-refractivity contribution in [3.63, 3.8) is 0 Å². The third-order valence-electron chi connectivity index (χ3n) is 4.63. The van der Waals surface area contributed by atoms with Crippen molar-refractivity contribution >= 4 is 23.2 Å². The van der Waals surface area contributed by atoms with Crippen LogP contribution in [0.2, 0.25) is 5.15 Å². The van der Waals surface area contributed by atoms with E-state index in [2.05, 4.69) is 10.3 Å². The second kappa shape index (κ2) is 9.47. The molecule has 0 spiro atoms. The fourth-order valence-corrected chi connectivity index (χ4v) is 3.24. The molecule has 3 rings (SSSR count). The van der Waals surface area contributed by atoms with E-state index in [4.69, 9.17) is 21.1 Å². The lowest BCUT2D eigenvalue weighted by Crippen LogP contribution is -2.41. The highest BCUT2D eigenvalue weighted by molar-refractivity contribution is 6.31. The van der Waals surface area contributed by atoms with Gasteiger partial charge in [-0.25, -0.2) is 13.8 Å². The van der Waals surface area contributed by atoms with E-state index in [1.54, 1.807) is 30.2 Å². The molecule has 29 heavy (non-hydrogen) atoms. The Balaban J connectivity index is 1.69. The van der Waals surface area contributed by atoms with E-state index in [0.717, 1.165) is 6.07 Å². The van der Waals surface area contributed by atoms with Crippen LogP contribution in [0.25, 0.3) is 0 Å². The van der Waals surface area contributed by atoms with Gasteiger partial charge in [-0.05, 0) is 25.1 Å². The van der Waals surface area contributed by atoms with Crippen LogP contribution in [0.15, 0.2) is 30.5 Å². The zero-order valence-electron chi connectivity index (χ0n) is 16.1. The molecular weight excluding hydrogens is 404 g/mol. The highest BCUT2D eigenvalue weighted by Gasteiger charge is 2.27. The normalized spacial score (nSPS) is 17.8. The van der Waals surface area contributed by atoms with Crippen LogP contribution >= 0.6 is 11.6 Å². The summed E-state index contributed by atoms with van der Waals surface area (Å²) in [5.74, 6) is -1.54. The Morgan fingerprint density at radius 1 is 1.45 bits per heavy atom. The van der Waals surface area contributed by atoms with Crippen LogP contribution in [0.1, 0.15) is 31.1 Å². The van der Waals surface area contributed by atoms with Crippen molar-refractivity contribution in [1.82, 2.24) is 9.88 Å². The first-order chi connectivity index (χ1) is 13.8. The topological polar surface area (TPSA) is 63.7 Å². The average Bonchev–Trinajstić information content (AvgIpc) is 2.69. The van der Waals surface area contributed by atoms with Crippen molar-refractivity contribution < 1.29 is 23.0 Å². The number of nitrogens with one attached hydrogen (secondary N) is 1. The Labute approximate surface area is 172 Å². The van der Waals surface area contributed by atoms with Crippen LogP contribution in [-0.4, -0.2) is 41.7 Å². The molecule has 1 aliphatic heterocycles. The largest absolute Gasteiger partial charge is 0.370 e. The number of morpholine rings is 1. The number of aromatic nitrogens is 1. The lowest BCUT2D eigenvalue weighted by molar-refractivity contribution is -0.136. The van der Waals surface area contributed by atoms with E-state index in [1.807, 2.05) is 0 Å². The third-order valence-corrected chi connectivity index (χ3v) is 4.93. The molecule has 0 aliphatic carbocycles.